The van der Waals surface area contributed by atoms with Crippen molar-refractivity contribution in [3.8, 4) is 0 Å². The Kier molecular flexibility index (Phi) is 3.05. The first-order valence-electron chi connectivity index (χ1n) is 6.38. The van der Waals surface area contributed by atoms with Gasteiger partial charge in [0.25, 0.3) is 5.91 Å². The Balaban J connectivity index is 1.82. The number of hydrogen-bond donors (Lipinski definition) is 3. The molecule has 1 aliphatic heterocycles. The predicted molar refractivity (Wildman–Crippen MR) is 73.1 cm³/mol. The van der Waals surface area contributed by atoms with Gasteiger partial charge in [0.05, 0.1) is 6.20 Å². The molecular formula is C14H16N4O. The Morgan fingerprint density at radius 1 is 1.37 bits per heavy atom. The fourth-order valence-corrected chi connectivity index (χ4v) is 2.28. The normalized spacial score (nSPS) is 13.9. The summed E-state index contributed by atoms with van der Waals surface area (Å²) in [4.78, 5) is 12.2. The first-order valence-corrected chi connectivity index (χ1v) is 6.38. The lowest BCUT2D eigenvalue weighted by Gasteiger charge is -2.17. The number of nitrogens with zero attached hydrogens (tertiary/aromatic N) is 1. The van der Waals surface area contributed by atoms with Gasteiger partial charge < -0.3 is 10.6 Å². The summed E-state index contributed by atoms with van der Waals surface area (Å²) in [6.45, 7) is 3.74. The van der Waals surface area contributed by atoms with Gasteiger partial charge in [-0.05, 0) is 43.1 Å². The number of fused-ring (bicyclic) bond motifs is 1. The van der Waals surface area contributed by atoms with E-state index in [2.05, 4.69) is 20.8 Å². The van der Waals surface area contributed by atoms with Crippen LogP contribution in [0.1, 0.15) is 27.0 Å². The summed E-state index contributed by atoms with van der Waals surface area (Å²) in [5, 5.41) is 12.8. The van der Waals surface area contributed by atoms with E-state index in [1.165, 1.54) is 11.1 Å². The number of anilines is 1. The third-order valence-corrected chi connectivity index (χ3v) is 3.42. The van der Waals surface area contributed by atoms with Gasteiger partial charge in [-0.3, -0.25) is 9.89 Å². The maximum atomic E-state index is 12.2. The average Bonchev–Trinajstić information content (AvgIpc) is 2.84. The summed E-state index contributed by atoms with van der Waals surface area (Å²) in [5.41, 5.74) is 4.14. The zero-order valence-electron chi connectivity index (χ0n) is 10.8. The van der Waals surface area contributed by atoms with E-state index in [0.29, 0.717) is 11.4 Å². The van der Waals surface area contributed by atoms with Crippen LogP contribution < -0.4 is 10.6 Å². The monoisotopic (exact) mass is 256 g/mol. The molecule has 0 unspecified atom stereocenters. The number of hydrogen-bond acceptors (Lipinski definition) is 3. The smallest absolute Gasteiger partial charge is 0.256 e. The van der Waals surface area contributed by atoms with Gasteiger partial charge in [0.2, 0.25) is 0 Å². The minimum absolute atomic E-state index is 0.110. The van der Waals surface area contributed by atoms with Crippen molar-refractivity contribution in [2.75, 3.05) is 11.9 Å². The van der Waals surface area contributed by atoms with Crippen molar-refractivity contribution in [1.29, 1.82) is 0 Å². The van der Waals surface area contributed by atoms with Crippen molar-refractivity contribution in [2.24, 2.45) is 0 Å². The molecule has 3 rings (SSSR count). The molecule has 0 atom stereocenters. The van der Waals surface area contributed by atoms with E-state index >= 15 is 0 Å². The molecule has 1 amide bonds. The number of aromatic amines is 1. The number of benzene rings is 1. The van der Waals surface area contributed by atoms with Crippen LogP contribution in [-0.2, 0) is 13.0 Å². The molecule has 5 nitrogen and oxygen atoms in total. The molecule has 2 heterocycles. The molecular weight excluding hydrogens is 240 g/mol. The second-order valence-electron chi connectivity index (χ2n) is 4.79. The number of carbonyl (C=O) groups is 1. The number of H-pyrrole nitrogens is 1. The second-order valence-corrected chi connectivity index (χ2v) is 4.79. The third-order valence-electron chi connectivity index (χ3n) is 3.42. The van der Waals surface area contributed by atoms with E-state index in [4.69, 9.17) is 0 Å². The largest absolute Gasteiger partial charge is 0.312 e. The van der Waals surface area contributed by atoms with Crippen molar-refractivity contribution < 1.29 is 4.79 Å². The average molecular weight is 256 g/mol. The summed E-state index contributed by atoms with van der Waals surface area (Å²) >= 11 is 0. The Morgan fingerprint density at radius 2 is 2.26 bits per heavy atom. The fraction of sp³-hybridized carbons (Fsp3) is 0.286. The Labute approximate surface area is 111 Å². The molecule has 3 N–H and O–H groups in total. The first kappa shape index (κ1) is 11.9. The molecule has 98 valence electrons. The van der Waals surface area contributed by atoms with Gasteiger partial charge in [0, 0.05) is 17.7 Å². The maximum absolute atomic E-state index is 12.2. The van der Waals surface area contributed by atoms with Gasteiger partial charge in [-0.15, -0.1) is 0 Å². The van der Waals surface area contributed by atoms with Crippen LogP contribution in [0, 0.1) is 6.92 Å². The second kappa shape index (κ2) is 4.85. The number of nitrogens with one attached hydrogen (secondary N) is 3. The zero-order valence-corrected chi connectivity index (χ0v) is 10.8. The number of rotatable bonds is 2. The molecule has 19 heavy (non-hydrogen) atoms. The van der Waals surface area contributed by atoms with E-state index in [9.17, 15) is 4.79 Å². The number of aryl methyl sites for hydroxylation is 1. The van der Waals surface area contributed by atoms with Crippen LogP contribution in [0.25, 0.3) is 0 Å². The molecule has 0 fully saturated rings. The Bertz CT molecular complexity index is 618. The maximum Gasteiger partial charge on any atom is 0.256 e. The topological polar surface area (TPSA) is 69.8 Å². The molecule has 0 spiro atoms. The van der Waals surface area contributed by atoms with Crippen molar-refractivity contribution in [3.63, 3.8) is 0 Å². The van der Waals surface area contributed by atoms with Crippen molar-refractivity contribution in [1.82, 2.24) is 15.5 Å². The highest BCUT2D eigenvalue weighted by atomic mass is 16.1. The Hall–Kier alpha value is -2.14. The molecule has 0 radical (unpaired) electrons. The molecule has 2 aromatic rings. The Morgan fingerprint density at radius 3 is 3.05 bits per heavy atom. The van der Waals surface area contributed by atoms with Crippen LogP contribution in [-0.4, -0.2) is 22.6 Å². The van der Waals surface area contributed by atoms with Gasteiger partial charge in [-0.25, -0.2) is 0 Å². The lowest BCUT2D eigenvalue weighted by Crippen LogP contribution is -2.24. The molecule has 0 saturated heterocycles. The molecule has 0 saturated carbocycles. The lowest BCUT2D eigenvalue weighted by atomic mass is 9.98. The predicted octanol–water partition coefficient (Wildman–Crippen LogP) is 1.62. The molecule has 1 aromatic heterocycles. The quantitative estimate of drug-likeness (QED) is 0.764. The lowest BCUT2D eigenvalue weighted by molar-refractivity contribution is 0.102. The summed E-state index contributed by atoms with van der Waals surface area (Å²) in [7, 11) is 0. The number of carbonyl (C=O) groups excluding carboxylic acids is 1. The number of aromatic nitrogens is 2. The van der Waals surface area contributed by atoms with Gasteiger partial charge in [-0.2, -0.15) is 5.10 Å². The summed E-state index contributed by atoms with van der Waals surface area (Å²) in [6, 6.07) is 5.89. The van der Waals surface area contributed by atoms with E-state index in [-0.39, 0.29) is 5.91 Å². The van der Waals surface area contributed by atoms with Gasteiger partial charge in [0.15, 0.2) is 0 Å². The van der Waals surface area contributed by atoms with E-state index < -0.39 is 0 Å². The highest BCUT2D eigenvalue weighted by Gasteiger charge is 2.13. The first-order chi connectivity index (χ1) is 9.24. The van der Waals surface area contributed by atoms with E-state index in [0.717, 1.165) is 25.1 Å². The van der Waals surface area contributed by atoms with E-state index in [1.54, 1.807) is 6.20 Å². The zero-order chi connectivity index (χ0) is 13.2. The van der Waals surface area contributed by atoms with Crippen molar-refractivity contribution >= 4 is 11.7 Å². The standard InChI is InChI=1S/C14H16N4O/c1-9-7-16-18-13(9)17-14(19)11-3-2-10-4-5-15-8-12(10)6-11/h2-3,6-7,15H,4-5,8H2,1H3,(H2,16,17,18,19). The molecule has 1 aliphatic rings. The van der Waals surface area contributed by atoms with Gasteiger partial charge in [0.1, 0.15) is 5.82 Å². The summed E-state index contributed by atoms with van der Waals surface area (Å²) < 4.78 is 0. The molecule has 0 aliphatic carbocycles. The van der Waals surface area contributed by atoms with Crippen LogP contribution in [0.2, 0.25) is 0 Å². The fourth-order valence-electron chi connectivity index (χ4n) is 2.28. The van der Waals surface area contributed by atoms with Crippen molar-refractivity contribution in [2.45, 2.75) is 19.9 Å². The number of amides is 1. The van der Waals surface area contributed by atoms with Crippen LogP contribution in [0.4, 0.5) is 5.82 Å². The SMILES string of the molecule is Cc1cn[nH]c1NC(=O)c1ccc2c(c1)CNCC2. The molecule has 0 bridgehead atoms. The third kappa shape index (κ3) is 2.37. The van der Waals surface area contributed by atoms with Crippen LogP contribution in [0.15, 0.2) is 24.4 Å². The molecule has 5 heteroatoms. The minimum Gasteiger partial charge on any atom is -0.312 e. The minimum atomic E-state index is -0.110. The highest BCUT2D eigenvalue weighted by Crippen LogP contribution is 2.17. The highest BCUT2D eigenvalue weighted by molar-refractivity contribution is 6.04. The van der Waals surface area contributed by atoms with E-state index in [1.807, 2.05) is 25.1 Å². The van der Waals surface area contributed by atoms with Gasteiger partial charge >= 0.3 is 0 Å². The summed E-state index contributed by atoms with van der Waals surface area (Å²) in [6.07, 6.45) is 2.71. The molecule has 1 aromatic carbocycles. The summed E-state index contributed by atoms with van der Waals surface area (Å²) in [5.74, 6) is 0.543. The van der Waals surface area contributed by atoms with Crippen LogP contribution in [0.5, 0.6) is 0 Å². The van der Waals surface area contributed by atoms with Crippen LogP contribution >= 0.6 is 0 Å². The van der Waals surface area contributed by atoms with Crippen LogP contribution in [0.3, 0.4) is 0 Å². The van der Waals surface area contributed by atoms with Crippen molar-refractivity contribution in [3.05, 3.63) is 46.6 Å². The van der Waals surface area contributed by atoms with Gasteiger partial charge in [-0.1, -0.05) is 6.07 Å².